The van der Waals surface area contributed by atoms with E-state index in [4.69, 9.17) is 9.47 Å². The Kier molecular flexibility index (Phi) is 4.96. The fourth-order valence-electron chi connectivity index (χ4n) is 2.55. The highest BCUT2D eigenvalue weighted by atomic mass is 32.2. The quantitative estimate of drug-likeness (QED) is 0.754. The molecule has 0 saturated carbocycles. The monoisotopic (exact) mass is 296 g/mol. The average molecular weight is 296 g/mol. The molecule has 0 spiro atoms. The number of hydrogen-bond donors (Lipinski definition) is 0. The lowest BCUT2D eigenvalue weighted by molar-refractivity contribution is 0.0655. The van der Waals surface area contributed by atoms with Crippen molar-refractivity contribution in [3.05, 3.63) is 43.0 Å². The van der Waals surface area contributed by atoms with E-state index in [0.717, 1.165) is 0 Å². The predicted octanol–water partition coefficient (Wildman–Crippen LogP) is 2.07. The number of sulfone groups is 1. The third kappa shape index (κ3) is 3.29. The molecule has 0 aromatic heterocycles. The van der Waals surface area contributed by atoms with Crippen molar-refractivity contribution in [1.29, 1.82) is 0 Å². The van der Waals surface area contributed by atoms with E-state index >= 15 is 0 Å². The first-order valence-electron chi connectivity index (χ1n) is 6.61. The van der Waals surface area contributed by atoms with Crippen LogP contribution in [-0.4, -0.2) is 40.1 Å². The fourth-order valence-corrected chi connectivity index (χ4v) is 4.25. The first kappa shape index (κ1) is 15.2. The summed E-state index contributed by atoms with van der Waals surface area (Å²) in [6, 6.07) is 8.50. The van der Waals surface area contributed by atoms with Crippen molar-refractivity contribution in [2.75, 3.05) is 19.5 Å². The van der Waals surface area contributed by atoms with Gasteiger partial charge in [-0.3, -0.25) is 0 Å². The number of benzene rings is 1. The van der Waals surface area contributed by atoms with Crippen LogP contribution in [0.4, 0.5) is 0 Å². The first-order valence-corrected chi connectivity index (χ1v) is 8.27. The summed E-state index contributed by atoms with van der Waals surface area (Å²) in [5, 5.41) is 0. The lowest BCUT2D eigenvalue weighted by atomic mass is 9.99. The minimum absolute atomic E-state index is 0.0357. The van der Waals surface area contributed by atoms with Gasteiger partial charge in [0.05, 0.1) is 29.5 Å². The van der Waals surface area contributed by atoms with Crippen LogP contribution in [0.5, 0.6) is 0 Å². The minimum atomic E-state index is -3.33. The maximum absolute atomic E-state index is 12.5. The molecule has 4 nitrogen and oxygen atoms in total. The summed E-state index contributed by atoms with van der Waals surface area (Å²) in [5.74, 6) is -0.128. The molecule has 20 heavy (non-hydrogen) atoms. The van der Waals surface area contributed by atoms with Gasteiger partial charge in [-0.25, -0.2) is 8.42 Å². The molecule has 1 fully saturated rings. The van der Waals surface area contributed by atoms with Crippen molar-refractivity contribution in [3.8, 4) is 0 Å². The average Bonchev–Trinajstić information content (AvgIpc) is 2.82. The topological polar surface area (TPSA) is 52.6 Å². The number of methoxy groups -OCH3 is 1. The summed E-state index contributed by atoms with van der Waals surface area (Å²) >= 11 is 0. The van der Waals surface area contributed by atoms with Crippen LogP contribution in [0.3, 0.4) is 0 Å². The fraction of sp³-hybridized carbons (Fsp3) is 0.467. The second kappa shape index (κ2) is 6.52. The number of ether oxygens (including phenoxy) is 2. The van der Waals surface area contributed by atoms with Crippen molar-refractivity contribution in [1.82, 2.24) is 0 Å². The largest absolute Gasteiger partial charge is 0.379 e. The van der Waals surface area contributed by atoms with Crippen LogP contribution in [0.2, 0.25) is 0 Å². The highest BCUT2D eigenvalue weighted by Crippen LogP contribution is 2.29. The minimum Gasteiger partial charge on any atom is -0.379 e. The van der Waals surface area contributed by atoms with Crippen LogP contribution in [0.25, 0.3) is 0 Å². The Labute approximate surface area is 120 Å². The summed E-state index contributed by atoms with van der Waals surface area (Å²) in [7, 11) is -1.74. The van der Waals surface area contributed by atoms with Gasteiger partial charge in [-0.1, -0.05) is 24.3 Å². The van der Waals surface area contributed by atoms with Gasteiger partial charge in [0.15, 0.2) is 9.84 Å². The molecule has 1 aliphatic heterocycles. The van der Waals surface area contributed by atoms with Crippen molar-refractivity contribution < 1.29 is 17.9 Å². The van der Waals surface area contributed by atoms with Gasteiger partial charge >= 0.3 is 0 Å². The Hall–Kier alpha value is -1.17. The van der Waals surface area contributed by atoms with Gasteiger partial charge in [-0.2, -0.15) is 0 Å². The van der Waals surface area contributed by atoms with E-state index in [-0.39, 0.29) is 23.9 Å². The van der Waals surface area contributed by atoms with Crippen molar-refractivity contribution >= 4 is 9.84 Å². The zero-order valence-corrected chi connectivity index (χ0v) is 12.4. The molecule has 0 N–H and O–H groups in total. The van der Waals surface area contributed by atoms with Crippen LogP contribution < -0.4 is 0 Å². The van der Waals surface area contributed by atoms with Crippen molar-refractivity contribution in [2.45, 2.75) is 23.5 Å². The zero-order valence-electron chi connectivity index (χ0n) is 11.6. The van der Waals surface area contributed by atoms with Gasteiger partial charge in [0.1, 0.15) is 0 Å². The molecular formula is C15H20O4S. The van der Waals surface area contributed by atoms with Gasteiger partial charge < -0.3 is 9.47 Å². The lowest BCUT2D eigenvalue weighted by Gasteiger charge is -2.21. The normalized spacial score (nSPS) is 26.6. The molecule has 0 radical (unpaired) electrons. The van der Waals surface area contributed by atoms with Gasteiger partial charge in [0.25, 0.3) is 0 Å². The van der Waals surface area contributed by atoms with E-state index in [9.17, 15) is 8.42 Å². The van der Waals surface area contributed by atoms with E-state index < -0.39 is 9.84 Å². The third-order valence-corrected chi connectivity index (χ3v) is 5.46. The summed E-state index contributed by atoms with van der Waals surface area (Å²) < 4.78 is 35.9. The molecule has 1 aromatic rings. The Balaban J connectivity index is 2.19. The Bertz CT molecular complexity index is 538. The molecule has 5 heteroatoms. The van der Waals surface area contributed by atoms with E-state index in [2.05, 4.69) is 6.58 Å². The summed E-state index contributed by atoms with van der Waals surface area (Å²) in [6.45, 7) is 4.13. The number of rotatable bonds is 6. The van der Waals surface area contributed by atoms with Crippen molar-refractivity contribution in [2.24, 2.45) is 5.92 Å². The van der Waals surface area contributed by atoms with E-state index in [1.54, 1.807) is 43.5 Å². The smallest absolute Gasteiger partial charge is 0.178 e. The molecule has 1 aliphatic rings. The van der Waals surface area contributed by atoms with Crippen LogP contribution in [0.15, 0.2) is 47.9 Å². The van der Waals surface area contributed by atoms with Gasteiger partial charge in [0, 0.05) is 13.0 Å². The van der Waals surface area contributed by atoms with Gasteiger partial charge in [0.2, 0.25) is 0 Å². The Morgan fingerprint density at radius 2 is 2.10 bits per heavy atom. The lowest BCUT2D eigenvalue weighted by Crippen LogP contribution is -2.32. The molecule has 0 aliphatic carbocycles. The predicted molar refractivity (Wildman–Crippen MR) is 77.3 cm³/mol. The molecule has 1 heterocycles. The van der Waals surface area contributed by atoms with E-state index in [1.807, 2.05) is 0 Å². The van der Waals surface area contributed by atoms with E-state index in [1.165, 1.54) is 0 Å². The van der Waals surface area contributed by atoms with Crippen molar-refractivity contribution in [3.63, 3.8) is 0 Å². The molecule has 1 unspecified atom stereocenters. The van der Waals surface area contributed by atoms with Gasteiger partial charge in [-0.05, 0) is 18.6 Å². The standard InChI is InChI=1S/C15H20O4S/c1-3-7-14-13(15(18-2)10-19-14)11-20(16,17)12-8-5-4-6-9-12/h3-6,8-9,13-15H,1,7,10-11H2,2H3/t13?,14-,15-/m0/s1. The zero-order chi connectivity index (χ0) is 14.6. The molecular weight excluding hydrogens is 276 g/mol. The SMILES string of the molecule is C=CC[C@@H]1OC[C@H](OC)C1CS(=O)(=O)c1ccccc1. The molecule has 2 rings (SSSR count). The summed E-state index contributed by atoms with van der Waals surface area (Å²) in [5.41, 5.74) is 0. The number of hydrogen-bond acceptors (Lipinski definition) is 4. The molecule has 1 saturated heterocycles. The second-order valence-electron chi connectivity index (χ2n) is 4.93. The molecule has 1 aromatic carbocycles. The Morgan fingerprint density at radius 3 is 2.70 bits per heavy atom. The Morgan fingerprint density at radius 1 is 1.40 bits per heavy atom. The second-order valence-corrected chi connectivity index (χ2v) is 6.96. The molecule has 0 bridgehead atoms. The molecule has 3 atom stereocenters. The van der Waals surface area contributed by atoms with Crippen LogP contribution in [0, 0.1) is 5.92 Å². The van der Waals surface area contributed by atoms with E-state index in [0.29, 0.717) is 17.9 Å². The maximum atomic E-state index is 12.5. The molecule has 110 valence electrons. The highest BCUT2D eigenvalue weighted by Gasteiger charge is 2.39. The van der Waals surface area contributed by atoms with Crippen LogP contribution in [-0.2, 0) is 19.3 Å². The summed E-state index contributed by atoms with van der Waals surface area (Å²) in [6.07, 6.45) is 2.06. The van der Waals surface area contributed by atoms with Crippen LogP contribution in [0.1, 0.15) is 6.42 Å². The third-order valence-electron chi connectivity index (χ3n) is 3.65. The van der Waals surface area contributed by atoms with Gasteiger partial charge in [-0.15, -0.1) is 6.58 Å². The maximum Gasteiger partial charge on any atom is 0.178 e. The summed E-state index contributed by atoms with van der Waals surface area (Å²) in [4.78, 5) is 0.346. The molecule has 0 amide bonds. The first-order chi connectivity index (χ1) is 9.58. The highest BCUT2D eigenvalue weighted by molar-refractivity contribution is 7.91. The van der Waals surface area contributed by atoms with Crippen LogP contribution >= 0.6 is 0 Å².